The van der Waals surface area contributed by atoms with E-state index >= 15 is 0 Å². The smallest absolute Gasteiger partial charge is 0.126 e. The number of aromatic nitrogens is 1. The van der Waals surface area contributed by atoms with Crippen molar-refractivity contribution in [1.82, 2.24) is 4.98 Å². The summed E-state index contributed by atoms with van der Waals surface area (Å²) in [5.74, 6) is 0.631. The zero-order chi connectivity index (χ0) is 9.84. The molecule has 3 nitrogen and oxygen atoms in total. The van der Waals surface area contributed by atoms with Gasteiger partial charge in [-0.3, -0.25) is 0 Å². The Bertz CT molecular complexity index is 281. The predicted octanol–water partition coefficient (Wildman–Crippen LogP) is 1.25. The van der Waals surface area contributed by atoms with Gasteiger partial charge in [0.15, 0.2) is 0 Å². The molecule has 0 aliphatic rings. The standard InChI is InChI=1S/C10H17N3/c1-7-5-9(4-3-8(2)11)10(12)13-6-7/h5-6,8H,3-4,11H2,1-2H3,(H2,12,13). The Labute approximate surface area is 79.2 Å². The summed E-state index contributed by atoms with van der Waals surface area (Å²) in [5, 5.41) is 0. The fraction of sp³-hybridized carbons (Fsp3) is 0.500. The molecule has 0 aromatic carbocycles. The van der Waals surface area contributed by atoms with Crippen LogP contribution in [-0.4, -0.2) is 11.0 Å². The van der Waals surface area contributed by atoms with Gasteiger partial charge >= 0.3 is 0 Å². The molecule has 1 aromatic heterocycles. The molecule has 0 radical (unpaired) electrons. The lowest BCUT2D eigenvalue weighted by Gasteiger charge is -2.07. The van der Waals surface area contributed by atoms with E-state index < -0.39 is 0 Å². The molecule has 0 spiro atoms. The third-order valence-corrected chi connectivity index (χ3v) is 2.01. The average molecular weight is 179 g/mol. The van der Waals surface area contributed by atoms with E-state index in [1.165, 1.54) is 0 Å². The monoisotopic (exact) mass is 179 g/mol. The number of nitrogens with zero attached hydrogens (tertiary/aromatic N) is 1. The van der Waals surface area contributed by atoms with Gasteiger partial charge in [0.1, 0.15) is 5.82 Å². The van der Waals surface area contributed by atoms with Gasteiger partial charge in [-0.2, -0.15) is 0 Å². The van der Waals surface area contributed by atoms with Crippen molar-refractivity contribution in [1.29, 1.82) is 0 Å². The van der Waals surface area contributed by atoms with Gasteiger partial charge in [-0.05, 0) is 37.8 Å². The first-order valence-electron chi connectivity index (χ1n) is 4.56. The van der Waals surface area contributed by atoms with Gasteiger partial charge in [0.25, 0.3) is 0 Å². The van der Waals surface area contributed by atoms with Crippen LogP contribution in [0.4, 0.5) is 5.82 Å². The Balaban J connectivity index is 2.70. The molecule has 1 rings (SSSR count). The molecule has 0 saturated carbocycles. The summed E-state index contributed by atoms with van der Waals surface area (Å²) in [6.07, 6.45) is 3.65. The van der Waals surface area contributed by atoms with Crippen molar-refractivity contribution in [2.45, 2.75) is 32.7 Å². The molecule has 0 amide bonds. The fourth-order valence-electron chi connectivity index (χ4n) is 1.22. The Kier molecular flexibility index (Phi) is 3.25. The van der Waals surface area contributed by atoms with Crippen molar-refractivity contribution in [2.24, 2.45) is 5.73 Å². The van der Waals surface area contributed by atoms with Crippen molar-refractivity contribution < 1.29 is 0 Å². The number of rotatable bonds is 3. The lowest BCUT2D eigenvalue weighted by Crippen LogP contribution is -2.15. The van der Waals surface area contributed by atoms with Gasteiger partial charge in [-0.1, -0.05) is 6.07 Å². The maximum Gasteiger partial charge on any atom is 0.126 e. The topological polar surface area (TPSA) is 64.9 Å². The summed E-state index contributed by atoms with van der Waals surface area (Å²) in [6.45, 7) is 4.02. The van der Waals surface area contributed by atoms with Crippen molar-refractivity contribution >= 4 is 5.82 Å². The SMILES string of the molecule is Cc1cnc(N)c(CCC(C)N)c1. The first-order chi connectivity index (χ1) is 6.09. The number of hydrogen-bond acceptors (Lipinski definition) is 3. The number of aryl methyl sites for hydroxylation is 2. The zero-order valence-corrected chi connectivity index (χ0v) is 8.25. The molecule has 0 aliphatic heterocycles. The van der Waals surface area contributed by atoms with Crippen LogP contribution in [-0.2, 0) is 6.42 Å². The molecule has 72 valence electrons. The van der Waals surface area contributed by atoms with E-state index in [0.717, 1.165) is 24.0 Å². The zero-order valence-electron chi connectivity index (χ0n) is 8.25. The van der Waals surface area contributed by atoms with Gasteiger partial charge < -0.3 is 11.5 Å². The van der Waals surface area contributed by atoms with Crippen molar-refractivity contribution in [3.63, 3.8) is 0 Å². The van der Waals surface area contributed by atoms with Crippen LogP contribution in [0.5, 0.6) is 0 Å². The number of nitrogen functional groups attached to an aromatic ring is 1. The molecule has 4 N–H and O–H groups in total. The van der Waals surface area contributed by atoms with Gasteiger partial charge in [0.05, 0.1) is 0 Å². The summed E-state index contributed by atoms with van der Waals surface area (Å²) >= 11 is 0. The summed E-state index contributed by atoms with van der Waals surface area (Å²) < 4.78 is 0. The van der Waals surface area contributed by atoms with E-state index in [4.69, 9.17) is 11.5 Å². The van der Waals surface area contributed by atoms with Crippen molar-refractivity contribution in [3.8, 4) is 0 Å². The molecule has 13 heavy (non-hydrogen) atoms. The first-order valence-corrected chi connectivity index (χ1v) is 4.56. The second-order valence-corrected chi connectivity index (χ2v) is 3.57. The maximum atomic E-state index is 5.72. The van der Waals surface area contributed by atoms with Gasteiger partial charge in [0.2, 0.25) is 0 Å². The molecule has 1 unspecified atom stereocenters. The normalized spacial score (nSPS) is 12.8. The molecule has 0 aliphatic carbocycles. The number of anilines is 1. The molecule has 0 bridgehead atoms. The minimum atomic E-state index is 0.222. The van der Waals surface area contributed by atoms with E-state index in [1.807, 2.05) is 13.8 Å². The first kappa shape index (κ1) is 9.99. The fourth-order valence-corrected chi connectivity index (χ4v) is 1.22. The molecule has 1 atom stereocenters. The summed E-state index contributed by atoms with van der Waals surface area (Å²) in [6, 6.07) is 2.30. The van der Waals surface area contributed by atoms with Crippen LogP contribution < -0.4 is 11.5 Å². The van der Waals surface area contributed by atoms with Crippen LogP contribution in [0.1, 0.15) is 24.5 Å². The summed E-state index contributed by atoms with van der Waals surface area (Å²) in [7, 11) is 0. The van der Waals surface area contributed by atoms with E-state index in [-0.39, 0.29) is 6.04 Å². The van der Waals surface area contributed by atoms with Gasteiger partial charge in [-0.25, -0.2) is 4.98 Å². The lowest BCUT2D eigenvalue weighted by molar-refractivity contribution is 0.666. The minimum Gasteiger partial charge on any atom is -0.383 e. The Morgan fingerprint density at radius 2 is 2.23 bits per heavy atom. The van der Waals surface area contributed by atoms with Crippen LogP contribution >= 0.6 is 0 Å². The summed E-state index contributed by atoms with van der Waals surface area (Å²) in [5.41, 5.74) is 13.6. The third kappa shape index (κ3) is 3.03. The molecule has 3 heteroatoms. The van der Waals surface area contributed by atoms with Crippen LogP contribution in [0.25, 0.3) is 0 Å². The average Bonchev–Trinajstić information content (AvgIpc) is 2.06. The van der Waals surface area contributed by atoms with Crippen LogP contribution in [0.2, 0.25) is 0 Å². The Morgan fingerprint density at radius 1 is 1.54 bits per heavy atom. The highest BCUT2D eigenvalue weighted by Crippen LogP contribution is 2.12. The largest absolute Gasteiger partial charge is 0.383 e. The van der Waals surface area contributed by atoms with E-state index in [0.29, 0.717) is 5.82 Å². The molecular formula is C10H17N3. The highest BCUT2D eigenvalue weighted by Gasteiger charge is 2.02. The quantitative estimate of drug-likeness (QED) is 0.734. The molecule has 0 fully saturated rings. The number of nitrogens with two attached hydrogens (primary N) is 2. The van der Waals surface area contributed by atoms with Crippen LogP contribution in [0.3, 0.4) is 0 Å². The van der Waals surface area contributed by atoms with Crippen molar-refractivity contribution in [3.05, 3.63) is 23.4 Å². The molecule has 0 saturated heterocycles. The van der Waals surface area contributed by atoms with Crippen LogP contribution in [0.15, 0.2) is 12.3 Å². The molecular weight excluding hydrogens is 162 g/mol. The van der Waals surface area contributed by atoms with Crippen molar-refractivity contribution in [2.75, 3.05) is 5.73 Å². The number of pyridine rings is 1. The van der Waals surface area contributed by atoms with Crippen LogP contribution in [0, 0.1) is 6.92 Å². The molecule has 1 heterocycles. The van der Waals surface area contributed by atoms with E-state index in [9.17, 15) is 0 Å². The Hall–Kier alpha value is -1.09. The minimum absolute atomic E-state index is 0.222. The molecule has 1 aromatic rings. The second-order valence-electron chi connectivity index (χ2n) is 3.57. The second kappa shape index (κ2) is 4.23. The lowest BCUT2D eigenvalue weighted by atomic mass is 10.1. The van der Waals surface area contributed by atoms with E-state index in [2.05, 4.69) is 11.1 Å². The Morgan fingerprint density at radius 3 is 2.85 bits per heavy atom. The predicted molar refractivity (Wildman–Crippen MR) is 55.4 cm³/mol. The highest BCUT2D eigenvalue weighted by atomic mass is 14.8. The van der Waals surface area contributed by atoms with Gasteiger partial charge in [-0.15, -0.1) is 0 Å². The van der Waals surface area contributed by atoms with Gasteiger partial charge in [0, 0.05) is 12.2 Å². The third-order valence-electron chi connectivity index (χ3n) is 2.01. The maximum absolute atomic E-state index is 5.72. The summed E-state index contributed by atoms with van der Waals surface area (Å²) in [4.78, 5) is 4.09. The highest BCUT2D eigenvalue weighted by molar-refractivity contribution is 5.40. The number of hydrogen-bond donors (Lipinski definition) is 2. The van der Waals surface area contributed by atoms with E-state index in [1.54, 1.807) is 6.20 Å².